The smallest absolute Gasteiger partial charge is 0.331 e. The van der Waals surface area contributed by atoms with Crippen LogP contribution in [-0.2, 0) is 24.3 Å². The zero-order valence-electron chi connectivity index (χ0n) is 14.7. The van der Waals surface area contributed by atoms with Gasteiger partial charge in [0.05, 0.1) is 4.90 Å². The van der Waals surface area contributed by atoms with E-state index in [1.54, 1.807) is 18.2 Å². The Morgan fingerprint density at radius 1 is 1.21 bits per heavy atom. The van der Waals surface area contributed by atoms with E-state index in [0.717, 1.165) is 6.07 Å². The van der Waals surface area contributed by atoms with Gasteiger partial charge in [0.25, 0.3) is 15.9 Å². The van der Waals surface area contributed by atoms with Gasteiger partial charge in [0, 0.05) is 11.3 Å². The molecule has 0 unspecified atom stereocenters. The lowest BCUT2D eigenvalue weighted by Crippen LogP contribution is -2.28. The number of hydrogen-bond donors (Lipinski definition) is 2. The molecule has 2 N–H and O–H groups in total. The Bertz CT molecular complexity index is 1070. The SMILES string of the molecule is C[C@H](N=C1NS(=O)(=O)c2ccccc21)C(=O)OCC(=O)Nc1cccc(F)c1. The molecule has 10 heteroatoms. The molecular weight excluding hydrogens is 389 g/mol. The van der Waals surface area contributed by atoms with Gasteiger partial charge in [0.15, 0.2) is 6.61 Å². The lowest BCUT2D eigenvalue weighted by atomic mass is 10.2. The van der Waals surface area contributed by atoms with Crippen LogP contribution in [0.1, 0.15) is 12.5 Å². The summed E-state index contributed by atoms with van der Waals surface area (Å²) in [5, 5.41) is 2.39. The number of esters is 1. The molecule has 1 aliphatic heterocycles. The predicted molar refractivity (Wildman–Crippen MR) is 98.8 cm³/mol. The first-order chi connectivity index (χ1) is 13.3. The van der Waals surface area contributed by atoms with Crippen LogP contribution < -0.4 is 10.0 Å². The Balaban J connectivity index is 1.61. The van der Waals surface area contributed by atoms with Gasteiger partial charge < -0.3 is 10.1 Å². The van der Waals surface area contributed by atoms with Crippen LogP contribution in [0.4, 0.5) is 10.1 Å². The average Bonchev–Trinajstić information content (AvgIpc) is 2.90. The van der Waals surface area contributed by atoms with Crippen LogP contribution in [0.15, 0.2) is 58.4 Å². The molecule has 0 saturated carbocycles. The number of rotatable bonds is 5. The molecule has 0 fully saturated rings. The van der Waals surface area contributed by atoms with Crippen molar-refractivity contribution in [1.29, 1.82) is 0 Å². The molecule has 0 radical (unpaired) electrons. The van der Waals surface area contributed by atoms with Gasteiger partial charge >= 0.3 is 5.97 Å². The van der Waals surface area contributed by atoms with Gasteiger partial charge in [-0.05, 0) is 37.3 Å². The number of sulfonamides is 1. The monoisotopic (exact) mass is 405 g/mol. The maximum atomic E-state index is 13.1. The maximum absolute atomic E-state index is 13.1. The number of ether oxygens (including phenoxy) is 1. The van der Waals surface area contributed by atoms with E-state index in [-0.39, 0.29) is 16.4 Å². The summed E-state index contributed by atoms with van der Waals surface area (Å²) in [6, 6.07) is 10.4. The van der Waals surface area contributed by atoms with E-state index >= 15 is 0 Å². The number of fused-ring (bicyclic) bond motifs is 1. The number of carbonyl (C=O) groups excluding carboxylic acids is 2. The Hall–Kier alpha value is -3.27. The van der Waals surface area contributed by atoms with Crippen molar-refractivity contribution in [3.05, 3.63) is 59.9 Å². The van der Waals surface area contributed by atoms with E-state index < -0.39 is 40.4 Å². The molecule has 28 heavy (non-hydrogen) atoms. The Morgan fingerprint density at radius 2 is 1.96 bits per heavy atom. The summed E-state index contributed by atoms with van der Waals surface area (Å²) < 4.78 is 44.3. The van der Waals surface area contributed by atoms with Crippen molar-refractivity contribution in [2.45, 2.75) is 17.9 Å². The summed E-state index contributed by atoms with van der Waals surface area (Å²) in [5.74, 6) is -1.95. The van der Waals surface area contributed by atoms with Crippen LogP contribution >= 0.6 is 0 Å². The number of nitrogens with zero attached hydrogens (tertiary/aromatic N) is 1. The molecule has 0 bridgehead atoms. The third kappa shape index (κ3) is 4.34. The highest BCUT2D eigenvalue weighted by atomic mass is 32.2. The third-order valence-electron chi connectivity index (χ3n) is 3.78. The van der Waals surface area contributed by atoms with Gasteiger partial charge in [-0.25, -0.2) is 17.6 Å². The molecule has 1 amide bonds. The predicted octanol–water partition coefficient (Wildman–Crippen LogP) is 1.43. The first-order valence-corrected chi connectivity index (χ1v) is 9.66. The fourth-order valence-electron chi connectivity index (χ4n) is 2.50. The number of aliphatic imine (C=N–C) groups is 1. The molecule has 0 saturated heterocycles. The van der Waals surface area contributed by atoms with Gasteiger partial charge in [-0.15, -0.1) is 0 Å². The molecule has 8 nitrogen and oxygen atoms in total. The van der Waals surface area contributed by atoms with Crippen LogP contribution in [0.2, 0.25) is 0 Å². The lowest BCUT2D eigenvalue weighted by Gasteiger charge is -2.09. The number of halogens is 1. The highest BCUT2D eigenvalue weighted by Gasteiger charge is 2.31. The second-order valence-corrected chi connectivity index (χ2v) is 7.57. The highest BCUT2D eigenvalue weighted by molar-refractivity contribution is 7.90. The second kappa shape index (κ2) is 7.77. The number of amides is 1. The topological polar surface area (TPSA) is 114 Å². The minimum Gasteiger partial charge on any atom is -0.454 e. The van der Waals surface area contributed by atoms with Gasteiger partial charge in [-0.3, -0.25) is 14.5 Å². The maximum Gasteiger partial charge on any atom is 0.331 e. The van der Waals surface area contributed by atoms with Crippen molar-refractivity contribution in [3.8, 4) is 0 Å². The lowest BCUT2D eigenvalue weighted by molar-refractivity contribution is -0.148. The minimum absolute atomic E-state index is 0.0317. The van der Waals surface area contributed by atoms with Crippen LogP contribution in [0.25, 0.3) is 0 Å². The molecular formula is C18H16FN3O5S. The van der Waals surface area contributed by atoms with Crippen molar-refractivity contribution in [2.75, 3.05) is 11.9 Å². The first kappa shape index (κ1) is 19.5. The summed E-state index contributed by atoms with van der Waals surface area (Å²) in [6.07, 6.45) is 0. The van der Waals surface area contributed by atoms with Crippen LogP contribution in [0, 0.1) is 5.82 Å². The fraction of sp³-hybridized carbons (Fsp3) is 0.167. The van der Waals surface area contributed by atoms with Crippen LogP contribution in [0.3, 0.4) is 0 Å². The largest absolute Gasteiger partial charge is 0.454 e. The summed E-state index contributed by atoms with van der Waals surface area (Å²) in [6.45, 7) is 0.821. The normalized spacial score (nSPS) is 16.7. The molecule has 0 spiro atoms. The number of amidine groups is 1. The molecule has 2 aromatic rings. The minimum atomic E-state index is -3.72. The fourth-order valence-corrected chi connectivity index (χ4v) is 3.74. The average molecular weight is 405 g/mol. The van der Waals surface area contributed by atoms with Gasteiger partial charge in [-0.2, -0.15) is 0 Å². The van der Waals surface area contributed by atoms with Crippen molar-refractivity contribution >= 4 is 33.4 Å². The van der Waals surface area contributed by atoms with Gasteiger partial charge in [0.2, 0.25) is 0 Å². The zero-order chi connectivity index (χ0) is 20.3. The van der Waals surface area contributed by atoms with Crippen molar-refractivity contribution in [3.63, 3.8) is 0 Å². The van der Waals surface area contributed by atoms with E-state index in [1.807, 2.05) is 0 Å². The van der Waals surface area contributed by atoms with Crippen LogP contribution in [0.5, 0.6) is 0 Å². The summed E-state index contributed by atoms with van der Waals surface area (Å²) in [4.78, 5) is 28.0. The second-order valence-electron chi connectivity index (χ2n) is 5.92. The van der Waals surface area contributed by atoms with E-state index in [0.29, 0.717) is 5.56 Å². The molecule has 1 heterocycles. The van der Waals surface area contributed by atoms with E-state index in [1.165, 1.54) is 31.2 Å². The molecule has 0 aromatic heterocycles. The van der Waals surface area contributed by atoms with E-state index in [2.05, 4.69) is 15.0 Å². The molecule has 2 aromatic carbocycles. The number of carbonyl (C=O) groups is 2. The summed E-state index contributed by atoms with van der Waals surface area (Å²) in [5.41, 5.74) is 0.581. The van der Waals surface area contributed by atoms with Crippen molar-refractivity contribution in [2.24, 2.45) is 4.99 Å². The highest BCUT2D eigenvalue weighted by Crippen LogP contribution is 2.22. The summed E-state index contributed by atoms with van der Waals surface area (Å²) in [7, 11) is -3.72. The first-order valence-electron chi connectivity index (χ1n) is 8.18. The molecule has 3 rings (SSSR count). The molecule has 0 aliphatic carbocycles. The quantitative estimate of drug-likeness (QED) is 0.731. The zero-order valence-corrected chi connectivity index (χ0v) is 15.5. The van der Waals surface area contributed by atoms with Crippen LogP contribution in [-0.4, -0.2) is 38.8 Å². The molecule has 146 valence electrons. The molecule has 1 atom stereocenters. The third-order valence-corrected chi connectivity index (χ3v) is 5.18. The Morgan fingerprint density at radius 3 is 2.71 bits per heavy atom. The number of hydrogen-bond acceptors (Lipinski definition) is 6. The van der Waals surface area contributed by atoms with E-state index in [4.69, 9.17) is 4.74 Å². The molecule has 1 aliphatic rings. The van der Waals surface area contributed by atoms with Gasteiger partial charge in [-0.1, -0.05) is 18.2 Å². The van der Waals surface area contributed by atoms with Crippen molar-refractivity contribution in [1.82, 2.24) is 4.72 Å². The number of benzene rings is 2. The van der Waals surface area contributed by atoms with E-state index in [9.17, 15) is 22.4 Å². The number of anilines is 1. The number of nitrogens with one attached hydrogen (secondary N) is 2. The Kier molecular flexibility index (Phi) is 5.41. The Labute approximate surface area is 160 Å². The van der Waals surface area contributed by atoms with Crippen molar-refractivity contribution < 1.29 is 27.1 Å². The standard InChI is InChI=1S/C18H16FN3O5S/c1-11(20-17-14-7-2-3-8-15(14)28(25,26)22-17)18(24)27-10-16(23)21-13-6-4-5-12(19)9-13/h2-9,11H,10H2,1H3,(H,20,22)(H,21,23)/t11-/m0/s1. The van der Waals surface area contributed by atoms with Gasteiger partial charge in [0.1, 0.15) is 17.7 Å². The summed E-state index contributed by atoms with van der Waals surface area (Å²) >= 11 is 0.